The molecule has 0 aromatic heterocycles. The summed E-state index contributed by atoms with van der Waals surface area (Å²) < 4.78 is 11.9. The van der Waals surface area contributed by atoms with E-state index in [-0.39, 0.29) is 5.41 Å². The third-order valence-electron chi connectivity index (χ3n) is 1.98. The van der Waals surface area contributed by atoms with Crippen LogP contribution in [0.2, 0.25) is 4.71 Å². The predicted molar refractivity (Wildman–Crippen MR) is 58.5 cm³/mol. The van der Waals surface area contributed by atoms with Gasteiger partial charge < -0.3 is 0 Å². The Labute approximate surface area is 87.3 Å². The quantitative estimate of drug-likeness (QED) is 0.486. The second kappa shape index (κ2) is 6.20. The van der Waals surface area contributed by atoms with Crippen molar-refractivity contribution in [1.82, 2.24) is 0 Å². The molecule has 0 saturated heterocycles. The van der Waals surface area contributed by atoms with Gasteiger partial charge in [-0.15, -0.1) is 0 Å². The van der Waals surface area contributed by atoms with Crippen molar-refractivity contribution in [3.63, 3.8) is 0 Å². The summed E-state index contributed by atoms with van der Waals surface area (Å²) in [5, 5.41) is 0. The van der Waals surface area contributed by atoms with Gasteiger partial charge in [-0.1, -0.05) is 0 Å². The van der Waals surface area contributed by atoms with Gasteiger partial charge in [-0.2, -0.15) is 0 Å². The Balaban J connectivity index is 4.15. The van der Waals surface area contributed by atoms with Crippen molar-refractivity contribution in [3.8, 4) is 0 Å². The van der Waals surface area contributed by atoms with Gasteiger partial charge in [-0.25, -0.2) is 0 Å². The van der Waals surface area contributed by atoms with Crippen LogP contribution < -0.4 is 0 Å². The summed E-state index contributed by atoms with van der Waals surface area (Å²) in [7, 11) is 0.952. The zero-order valence-corrected chi connectivity index (χ0v) is 13.0. The van der Waals surface area contributed by atoms with E-state index in [0.29, 0.717) is 4.71 Å². The fourth-order valence-electron chi connectivity index (χ4n) is 1.20. The van der Waals surface area contributed by atoms with Gasteiger partial charge in [0.25, 0.3) is 0 Å². The number of hydrogen-bond donors (Lipinski definition) is 0. The SMILES string of the molecule is CCOC([SiH3])(OCC)[C@@H]([AsH2])CC. The van der Waals surface area contributed by atoms with E-state index in [1.165, 1.54) is 0 Å². The Kier molecular flexibility index (Phi) is 6.55. The molecule has 0 N–H and O–H groups in total. The van der Waals surface area contributed by atoms with Crippen LogP contribution in [0.1, 0.15) is 27.2 Å². The van der Waals surface area contributed by atoms with E-state index in [2.05, 4.69) is 6.92 Å². The van der Waals surface area contributed by atoms with Crippen LogP contribution in [0.5, 0.6) is 0 Å². The zero-order valence-electron chi connectivity index (χ0n) is 8.59. The molecule has 0 aliphatic heterocycles. The van der Waals surface area contributed by atoms with Gasteiger partial charge in [-0.3, -0.25) is 0 Å². The van der Waals surface area contributed by atoms with Gasteiger partial charge in [0.05, 0.1) is 0 Å². The summed E-state index contributed by atoms with van der Waals surface area (Å²) in [6.07, 6.45) is 1.14. The fraction of sp³-hybridized carbons (Fsp3) is 1.00. The van der Waals surface area contributed by atoms with E-state index < -0.39 is 0 Å². The maximum atomic E-state index is 5.68. The van der Waals surface area contributed by atoms with Gasteiger partial charge in [-0.05, 0) is 0 Å². The summed E-state index contributed by atoms with van der Waals surface area (Å²) >= 11 is 1.73. The molecule has 4 heteroatoms. The van der Waals surface area contributed by atoms with Crippen LogP contribution in [-0.2, 0) is 9.47 Å². The molecule has 0 amide bonds. The van der Waals surface area contributed by atoms with Gasteiger partial charge in [0.1, 0.15) is 0 Å². The summed E-state index contributed by atoms with van der Waals surface area (Å²) in [6.45, 7) is 7.76. The molecule has 0 saturated carbocycles. The van der Waals surface area contributed by atoms with Crippen molar-refractivity contribution in [2.45, 2.75) is 37.3 Å². The Morgan fingerprint density at radius 1 is 1.25 bits per heavy atom. The molecule has 0 heterocycles. The predicted octanol–water partition coefficient (Wildman–Crippen LogP) is -0.0898. The molecule has 2 atom stereocenters. The normalized spacial score (nSPS) is 15.0. The first kappa shape index (κ1) is 12.7. The summed E-state index contributed by atoms with van der Waals surface area (Å²) in [5.41, 5.74) is -0.224. The Bertz CT molecular complexity index is 116. The molecule has 0 aromatic carbocycles. The number of ether oxygens (including phenoxy) is 2. The average Bonchev–Trinajstić information content (AvgIpc) is 2.04. The Morgan fingerprint density at radius 2 is 1.67 bits per heavy atom. The van der Waals surface area contributed by atoms with Crippen LogP contribution in [0, 0.1) is 0 Å². The topological polar surface area (TPSA) is 18.5 Å². The van der Waals surface area contributed by atoms with Crippen molar-refractivity contribution in [2.75, 3.05) is 13.2 Å². The van der Waals surface area contributed by atoms with Crippen molar-refractivity contribution in [3.05, 3.63) is 0 Å². The molecule has 0 aliphatic rings. The van der Waals surface area contributed by atoms with E-state index in [1.807, 2.05) is 13.8 Å². The maximum absolute atomic E-state index is 5.68. The second-order valence-electron chi connectivity index (χ2n) is 2.90. The molecule has 0 aromatic rings. The third-order valence-corrected chi connectivity index (χ3v) is 6.95. The van der Waals surface area contributed by atoms with Gasteiger partial charge in [0, 0.05) is 0 Å². The van der Waals surface area contributed by atoms with E-state index >= 15 is 0 Å². The molecule has 0 fully saturated rings. The van der Waals surface area contributed by atoms with Crippen LogP contribution in [0.4, 0.5) is 0 Å². The number of hydrogen-bond acceptors (Lipinski definition) is 2. The van der Waals surface area contributed by atoms with Gasteiger partial charge in [0.2, 0.25) is 0 Å². The van der Waals surface area contributed by atoms with Gasteiger partial charge in [0.15, 0.2) is 0 Å². The first-order valence-corrected chi connectivity index (χ1v) is 7.04. The molecule has 0 radical (unpaired) electrons. The summed E-state index contributed by atoms with van der Waals surface area (Å²) in [6, 6.07) is 0. The minimum atomic E-state index is -0.224. The first-order valence-electron chi connectivity index (χ1n) is 4.64. The molecule has 0 rings (SSSR count). The zero-order chi connectivity index (χ0) is 9.61. The molecule has 12 heavy (non-hydrogen) atoms. The average molecular weight is 252 g/mol. The monoisotopic (exact) mass is 252 g/mol. The van der Waals surface area contributed by atoms with Crippen LogP contribution in [-0.4, -0.2) is 45.7 Å². The summed E-state index contributed by atoms with van der Waals surface area (Å²) in [4.78, 5) is 0. The molecule has 0 aliphatic carbocycles. The van der Waals surface area contributed by atoms with E-state index in [4.69, 9.17) is 9.47 Å². The van der Waals surface area contributed by atoms with Crippen molar-refractivity contribution < 1.29 is 9.47 Å². The molecule has 74 valence electrons. The summed E-state index contributed by atoms with van der Waals surface area (Å²) in [5.74, 6) is 0. The van der Waals surface area contributed by atoms with Crippen LogP contribution in [0.25, 0.3) is 0 Å². The molecular weight excluding hydrogens is 231 g/mol. The van der Waals surface area contributed by atoms with Crippen molar-refractivity contribution in [1.29, 1.82) is 0 Å². The van der Waals surface area contributed by atoms with Gasteiger partial charge >= 0.3 is 87.1 Å². The minimum absolute atomic E-state index is 0.224. The van der Waals surface area contributed by atoms with Crippen LogP contribution in [0.3, 0.4) is 0 Å². The second-order valence-corrected chi connectivity index (χ2v) is 5.98. The molecular formula is C8H21AsO2Si. The van der Waals surface area contributed by atoms with E-state index in [1.54, 1.807) is 16.9 Å². The first-order chi connectivity index (χ1) is 5.60. The third kappa shape index (κ3) is 3.61. The Morgan fingerprint density at radius 3 is 1.92 bits per heavy atom. The molecule has 0 spiro atoms. The molecule has 2 nitrogen and oxygen atoms in total. The standard InChI is InChI=1S/C8H21AsO2Si/c1-4-7(9)8(12,10-5-2)11-6-3/h7H,4-6,9H2,1-3,12H3/t7-/m0/s1. The molecule has 1 unspecified atom stereocenters. The van der Waals surface area contributed by atoms with Crippen molar-refractivity contribution in [2.24, 2.45) is 0 Å². The Hall–Kier alpha value is 0.695. The van der Waals surface area contributed by atoms with Crippen LogP contribution >= 0.6 is 0 Å². The fourth-order valence-corrected chi connectivity index (χ4v) is 2.59. The van der Waals surface area contributed by atoms with E-state index in [0.717, 1.165) is 29.9 Å². The van der Waals surface area contributed by atoms with Crippen LogP contribution in [0.15, 0.2) is 0 Å². The van der Waals surface area contributed by atoms with E-state index in [9.17, 15) is 0 Å². The van der Waals surface area contributed by atoms with Crippen molar-refractivity contribution >= 4 is 27.1 Å². The number of rotatable bonds is 6. The molecule has 0 bridgehead atoms.